The topological polar surface area (TPSA) is 64.3 Å². The molecule has 1 amide bonds. The van der Waals surface area contributed by atoms with E-state index in [1.807, 2.05) is 30.3 Å². The Labute approximate surface area is 194 Å². The highest BCUT2D eigenvalue weighted by Gasteiger charge is 2.30. The normalized spacial score (nSPS) is 11.1. The predicted molar refractivity (Wildman–Crippen MR) is 126 cm³/mol. The van der Waals surface area contributed by atoms with Gasteiger partial charge in [-0.2, -0.15) is 13.2 Å². The fourth-order valence-corrected chi connectivity index (χ4v) is 3.45. The molecule has 0 aliphatic carbocycles. The number of carbonyl (C=O) groups is 1. The van der Waals surface area contributed by atoms with E-state index in [4.69, 9.17) is 10.5 Å². The van der Waals surface area contributed by atoms with E-state index in [1.165, 1.54) is 12.1 Å². The zero-order chi connectivity index (χ0) is 24.1. The van der Waals surface area contributed by atoms with Crippen LogP contribution in [-0.2, 0) is 12.8 Å². The van der Waals surface area contributed by atoms with Crippen molar-refractivity contribution in [3.63, 3.8) is 0 Å². The first-order chi connectivity index (χ1) is 16.3. The summed E-state index contributed by atoms with van der Waals surface area (Å²) in [6.45, 7) is 0.381. The van der Waals surface area contributed by atoms with Gasteiger partial charge in [0.2, 0.25) is 0 Å². The van der Waals surface area contributed by atoms with Gasteiger partial charge in [0.05, 0.1) is 16.9 Å². The first-order valence-electron chi connectivity index (χ1n) is 10.5. The van der Waals surface area contributed by atoms with E-state index >= 15 is 0 Å². The number of nitrogens with two attached hydrogens (primary N) is 1. The van der Waals surface area contributed by atoms with Crippen molar-refractivity contribution in [1.82, 2.24) is 0 Å². The van der Waals surface area contributed by atoms with E-state index in [-0.39, 0.29) is 0 Å². The van der Waals surface area contributed by atoms with E-state index in [9.17, 15) is 18.0 Å². The van der Waals surface area contributed by atoms with Crippen LogP contribution in [-0.4, -0.2) is 5.91 Å². The maximum atomic E-state index is 13.0. The first kappa shape index (κ1) is 22.9. The molecule has 0 aliphatic rings. The Hall–Kier alpha value is -4.26. The molecule has 4 rings (SSSR count). The smallest absolute Gasteiger partial charge is 0.416 e. The molecule has 4 nitrogen and oxygen atoms in total. The van der Waals surface area contributed by atoms with Gasteiger partial charge in [0.15, 0.2) is 0 Å². The Kier molecular flexibility index (Phi) is 6.54. The summed E-state index contributed by atoms with van der Waals surface area (Å²) in [5.41, 5.74) is 8.43. The van der Waals surface area contributed by atoms with E-state index in [2.05, 4.69) is 5.32 Å². The van der Waals surface area contributed by atoms with E-state index in [0.29, 0.717) is 40.4 Å². The summed E-state index contributed by atoms with van der Waals surface area (Å²) in [5, 5.41) is 2.77. The minimum Gasteiger partial charge on any atom is -0.489 e. The van der Waals surface area contributed by atoms with Gasteiger partial charge in [-0.05, 0) is 47.0 Å². The zero-order valence-corrected chi connectivity index (χ0v) is 18.0. The lowest BCUT2D eigenvalue weighted by molar-refractivity contribution is -0.137. The molecule has 3 N–H and O–H groups in total. The molecule has 0 aliphatic heterocycles. The van der Waals surface area contributed by atoms with Crippen LogP contribution >= 0.6 is 0 Å². The summed E-state index contributed by atoms with van der Waals surface area (Å²) in [4.78, 5) is 13.0. The van der Waals surface area contributed by atoms with Crippen molar-refractivity contribution in [2.75, 3.05) is 11.1 Å². The van der Waals surface area contributed by atoms with Gasteiger partial charge in [0.1, 0.15) is 12.4 Å². The molecule has 0 heterocycles. The molecule has 0 bridgehead atoms. The van der Waals surface area contributed by atoms with Crippen molar-refractivity contribution >= 4 is 17.3 Å². The van der Waals surface area contributed by atoms with Crippen molar-refractivity contribution in [1.29, 1.82) is 0 Å². The Morgan fingerprint density at radius 3 is 2.21 bits per heavy atom. The lowest BCUT2D eigenvalue weighted by Gasteiger charge is -2.14. The number of carbonyl (C=O) groups excluding carboxylic acids is 1. The van der Waals surface area contributed by atoms with Crippen LogP contribution in [0.4, 0.5) is 24.5 Å². The molecule has 0 fully saturated rings. The Morgan fingerprint density at radius 2 is 1.53 bits per heavy atom. The molecule has 4 aromatic carbocycles. The Bertz CT molecular complexity index is 1290. The van der Waals surface area contributed by atoms with E-state index < -0.39 is 17.6 Å². The SMILES string of the molecule is Nc1cc(OCc2ccccc2)ccc1NC(=O)c1ccccc1-c1ccc(C(F)(F)F)cc1. The average Bonchev–Trinajstić information content (AvgIpc) is 2.84. The van der Waals surface area contributed by atoms with E-state index in [1.54, 1.807) is 42.5 Å². The molecule has 172 valence electrons. The number of rotatable bonds is 6. The lowest BCUT2D eigenvalue weighted by atomic mass is 9.98. The van der Waals surface area contributed by atoms with Gasteiger partial charge in [-0.1, -0.05) is 60.7 Å². The Balaban J connectivity index is 1.50. The minimum atomic E-state index is -4.43. The van der Waals surface area contributed by atoms with Gasteiger partial charge in [-0.25, -0.2) is 0 Å². The molecule has 0 unspecified atom stereocenters. The maximum Gasteiger partial charge on any atom is 0.416 e. The maximum absolute atomic E-state index is 13.0. The minimum absolute atomic E-state index is 0.311. The highest BCUT2D eigenvalue weighted by atomic mass is 19.4. The number of benzene rings is 4. The van der Waals surface area contributed by atoms with Gasteiger partial charge < -0.3 is 15.8 Å². The summed E-state index contributed by atoms with van der Waals surface area (Å²) >= 11 is 0. The van der Waals surface area contributed by atoms with Gasteiger partial charge in [0.25, 0.3) is 5.91 Å². The monoisotopic (exact) mass is 462 g/mol. The second-order valence-corrected chi connectivity index (χ2v) is 7.60. The van der Waals surface area contributed by atoms with Crippen LogP contribution in [0.5, 0.6) is 5.75 Å². The van der Waals surface area contributed by atoms with Gasteiger partial charge >= 0.3 is 6.18 Å². The first-order valence-corrected chi connectivity index (χ1v) is 10.5. The van der Waals surface area contributed by atoms with E-state index in [0.717, 1.165) is 17.7 Å². The Morgan fingerprint density at radius 1 is 0.853 bits per heavy atom. The second-order valence-electron chi connectivity index (χ2n) is 7.60. The molecule has 0 atom stereocenters. The molecule has 7 heteroatoms. The molecule has 0 saturated carbocycles. The van der Waals surface area contributed by atoms with Crippen LogP contribution in [0, 0.1) is 0 Å². The number of alkyl halides is 3. The number of hydrogen-bond acceptors (Lipinski definition) is 3. The van der Waals surface area contributed by atoms with Crippen LogP contribution in [0.1, 0.15) is 21.5 Å². The highest BCUT2D eigenvalue weighted by molar-refractivity contribution is 6.09. The molecule has 0 aromatic heterocycles. The number of halogens is 3. The third kappa shape index (κ3) is 5.38. The standard InChI is InChI=1S/C27H21F3N2O2/c28-27(29,30)20-12-10-19(11-13-20)22-8-4-5-9-23(22)26(33)32-25-15-14-21(16-24(25)31)34-17-18-6-2-1-3-7-18/h1-16H,17,31H2,(H,32,33). The van der Waals surface area contributed by atoms with Crippen molar-refractivity contribution in [2.24, 2.45) is 0 Å². The van der Waals surface area contributed by atoms with Crippen molar-refractivity contribution in [2.45, 2.75) is 12.8 Å². The zero-order valence-electron chi connectivity index (χ0n) is 18.0. The van der Waals surface area contributed by atoms with Crippen LogP contribution < -0.4 is 15.8 Å². The van der Waals surface area contributed by atoms with Crippen LogP contribution in [0.25, 0.3) is 11.1 Å². The molecule has 34 heavy (non-hydrogen) atoms. The number of amides is 1. The molecular weight excluding hydrogens is 441 g/mol. The number of anilines is 2. The molecule has 4 aromatic rings. The van der Waals surface area contributed by atoms with Crippen molar-refractivity contribution in [3.05, 3.63) is 114 Å². The van der Waals surface area contributed by atoms with Crippen LogP contribution in [0.15, 0.2) is 97.1 Å². The largest absolute Gasteiger partial charge is 0.489 e. The van der Waals surface area contributed by atoms with Gasteiger partial charge in [-0.3, -0.25) is 4.79 Å². The number of hydrogen-bond donors (Lipinski definition) is 2. The fraction of sp³-hybridized carbons (Fsp3) is 0.0741. The number of nitrogen functional groups attached to an aromatic ring is 1. The summed E-state index contributed by atoms with van der Waals surface area (Å²) < 4.78 is 44.4. The third-order valence-electron chi connectivity index (χ3n) is 5.21. The fourth-order valence-electron chi connectivity index (χ4n) is 3.45. The predicted octanol–water partition coefficient (Wildman–Crippen LogP) is 6.79. The highest BCUT2D eigenvalue weighted by Crippen LogP contribution is 2.32. The lowest BCUT2D eigenvalue weighted by Crippen LogP contribution is -2.14. The van der Waals surface area contributed by atoms with Crippen LogP contribution in [0.2, 0.25) is 0 Å². The molecule has 0 saturated heterocycles. The van der Waals surface area contributed by atoms with Gasteiger partial charge in [-0.15, -0.1) is 0 Å². The van der Waals surface area contributed by atoms with Crippen molar-refractivity contribution < 1.29 is 22.7 Å². The van der Waals surface area contributed by atoms with Crippen molar-refractivity contribution in [3.8, 4) is 16.9 Å². The molecule has 0 spiro atoms. The number of nitrogens with one attached hydrogen (secondary N) is 1. The summed E-state index contributed by atoms with van der Waals surface area (Å²) in [5.74, 6) is 0.129. The molecular formula is C27H21F3N2O2. The third-order valence-corrected chi connectivity index (χ3v) is 5.21. The summed E-state index contributed by atoms with van der Waals surface area (Å²) in [6.07, 6.45) is -4.43. The quantitative estimate of drug-likeness (QED) is 0.310. The second kappa shape index (κ2) is 9.70. The summed E-state index contributed by atoms with van der Waals surface area (Å²) in [6, 6.07) is 26.0. The molecule has 0 radical (unpaired) electrons. The summed E-state index contributed by atoms with van der Waals surface area (Å²) in [7, 11) is 0. The number of ether oxygens (including phenoxy) is 1. The van der Waals surface area contributed by atoms with Gasteiger partial charge in [0, 0.05) is 11.6 Å². The average molecular weight is 462 g/mol. The van der Waals surface area contributed by atoms with Crippen LogP contribution in [0.3, 0.4) is 0 Å².